The molecule has 0 spiro atoms. The first-order chi connectivity index (χ1) is 12.8. The highest BCUT2D eigenvalue weighted by molar-refractivity contribution is 7.89. The Bertz CT molecular complexity index is 935. The minimum Gasteiger partial charge on any atom is -0.495 e. The monoisotopic (exact) mass is 388 g/mol. The van der Waals surface area contributed by atoms with Crippen LogP contribution < -0.4 is 14.8 Å². The van der Waals surface area contributed by atoms with Gasteiger partial charge < -0.3 is 10.1 Å². The van der Waals surface area contributed by atoms with Crippen LogP contribution >= 0.6 is 0 Å². The number of nitrogens with one attached hydrogen (secondary N) is 2. The highest BCUT2D eigenvalue weighted by Crippen LogP contribution is 2.28. The molecule has 2 N–H and O–H groups in total. The van der Waals surface area contributed by atoms with Gasteiger partial charge in [0.05, 0.1) is 13.2 Å². The van der Waals surface area contributed by atoms with Crippen LogP contribution in [0.2, 0.25) is 0 Å². The Morgan fingerprint density at radius 1 is 1.15 bits per heavy atom. The quantitative estimate of drug-likeness (QED) is 0.764. The number of carbonyl (C=O) groups excluding carboxylic acids is 1. The number of aryl methyl sites for hydroxylation is 1. The van der Waals surface area contributed by atoms with Crippen LogP contribution in [0.3, 0.4) is 0 Å². The number of benzene rings is 2. The van der Waals surface area contributed by atoms with Crippen molar-refractivity contribution in [3.63, 3.8) is 0 Å². The van der Waals surface area contributed by atoms with Gasteiger partial charge in [-0.2, -0.15) is 0 Å². The molecule has 0 radical (unpaired) electrons. The van der Waals surface area contributed by atoms with Crippen molar-refractivity contribution in [1.29, 1.82) is 0 Å². The van der Waals surface area contributed by atoms with E-state index >= 15 is 0 Å². The second-order valence-electron chi connectivity index (χ2n) is 6.87. The van der Waals surface area contributed by atoms with Crippen LogP contribution in [0.4, 0.5) is 0 Å². The average Bonchev–Trinajstić information content (AvgIpc) is 3.44. The molecule has 1 unspecified atom stereocenters. The lowest BCUT2D eigenvalue weighted by Crippen LogP contribution is -2.28. The summed E-state index contributed by atoms with van der Waals surface area (Å²) in [6.45, 7) is 3.89. The Hall–Kier alpha value is -2.38. The average molecular weight is 388 g/mol. The Morgan fingerprint density at radius 2 is 1.81 bits per heavy atom. The molecule has 1 amide bonds. The normalized spacial score (nSPS) is 15.2. The number of amides is 1. The minimum absolute atomic E-state index is 0.0208. The maximum absolute atomic E-state index is 12.6. The minimum atomic E-state index is -3.74. The van der Waals surface area contributed by atoms with Crippen molar-refractivity contribution in [2.24, 2.45) is 0 Å². The number of sulfonamides is 1. The van der Waals surface area contributed by atoms with Crippen LogP contribution in [-0.4, -0.2) is 27.5 Å². The fourth-order valence-corrected chi connectivity index (χ4v) is 4.23. The SMILES string of the molecule is COc1ccc(C(=O)NC(C)c2ccc(C)cc2)cc1S(=O)(=O)NC1CC1. The second kappa shape index (κ2) is 7.70. The lowest BCUT2D eigenvalue weighted by atomic mass is 10.1. The van der Waals surface area contributed by atoms with Gasteiger partial charge in [0.25, 0.3) is 5.91 Å². The summed E-state index contributed by atoms with van der Waals surface area (Å²) in [7, 11) is -2.33. The fraction of sp³-hybridized carbons (Fsp3) is 0.350. The zero-order valence-electron chi connectivity index (χ0n) is 15.7. The number of carbonyl (C=O) groups is 1. The van der Waals surface area contributed by atoms with E-state index in [4.69, 9.17) is 4.74 Å². The van der Waals surface area contributed by atoms with Gasteiger partial charge in [-0.05, 0) is 50.5 Å². The topological polar surface area (TPSA) is 84.5 Å². The first-order valence-electron chi connectivity index (χ1n) is 8.88. The molecule has 6 nitrogen and oxygen atoms in total. The van der Waals surface area contributed by atoms with Crippen LogP contribution in [0.5, 0.6) is 5.75 Å². The Balaban J connectivity index is 1.82. The van der Waals surface area contributed by atoms with E-state index in [1.54, 1.807) is 6.07 Å². The van der Waals surface area contributed by atoms with Gasteiger partial charge in [-0.25, -0.2) is 13.1 Å². The van der Waals surface area contributed by atoms with Gasteiger partial charge in [-0.15, -0.1) is 0 Å². The van der Waals surface area contributed by atoms with Crippen LogP contribution in [0.25, 0.3) is 0 Å². The maximum atomic E-state index is 12.6. The summed E-state index contributed by atoms with van der Waals surface area (Å²) in [6, 6.07) is 12.1. The van der Waals surface area contributed by atoms with Crippen molar-refractivity contribution in [3.8, 4) is 5.75 Å². The number of rotatable bonds is 7. The van der Waals surface area contributed by atoms with E-state index in [2.05, 4.69) is 10.0 Å². The molecule has 0 heterocycles. The number of hydrogen-bond acceptors (Lipinski definition) is 4. The van der Waals surface area contributed by atoms with Gasteiger partial charge in [-0.3, -0.25) is 4.79 Å². The Labute approximate surface area is 160 Å². The van der Waals surface area contributed by atoms with E-state index in [9.17, 15) is 13.2 Å². The third kappa shape index (κ3) is 4.67. The summed E-state index contributed by atoms with van der Waals surface area (Å²) in [5.74, 6) is -0.125. The molecule has 27 heavy (non-hydrogen) atoms. The highest BCUT2D eigenvalue weighted by atomic mass is 32.2. The zero-order valence-corrected chi connectivity index (χ0v) is 16.5. The molecule has 3 rings (SSSR count). The molecule has 0 bridgehead atoms. The third-order valence-corrected chi connectivity index (χ3v) is 6.08. The summed E-state index contributed by atoms with van der Waals surface area (Å²) in [5.41, 5.74) is 2.39. The molecule has 1 atom stereocenters. The van der Waals surface area contributed by atoms with Gasteiger partial charge in [0, 0.05) is 11.6 Å². The van der Waals surface area contributed by atoms with Crippen LogP contribution in [0, 0.1) is 6.92 Å². The molecule has 1 aliphatic rings. The molecule has 7 heteroatoms. The van der Waals surface area contributed by atoms with Gasteiger partial charge >= 0.3 is 0 Å². The van der Waals surface area contributed by atoms with Crippen molar-refractivity contribution < 1.29 is 17.9 Å². The second-order valence-corrected chi connectivity index (χ2v) is 8.55. The number of hydrogen-bond donors (Lipinski definition) is 2. The fourth-order valence-electron chi connectivity index (χ4n) is 2.73. The van der Waals surface area contributed by atoms with E-state index in [0.717, 1.165) is 24.0 Å². The van der Waals surface area contributed by atoms with Crippen molar-refractivity contribution in [2.45, 2.75) is 43.7 Å². The van der Waals surface area contributed by atoms with Gasteiger partial charge in [0.2, 0.25) is 10.0 Å². The van der Waals surface area contributed by atoms with Crippen molar-refractivity contribution >= 4 is 15.9 Å². The molecular formula is C20H24N2O4S. The molecule has 144 valence electrons. The Morgan fingerprint density at radius 3 is 2.41 bits per heavy atom. The third-order valence-electron chi connectivity index (χ3n) is 4.54. The summed E-state index contributed by atoms with van der Waals surface area (Å²) in [5, 5.41) is 2.91. The predicted octanol–water partition coefficient (Wildman–Crippen LogP) is 2.94. The molecule has 1 fully saturated rings. The smallest absolute Gasteiger partial charge is 0.251 e. The molecule has 2 aromatic rings. The molecule has 1 aliphatic carbocycles. The summed E-state index contributed by atoms with van der Waals surface area (Å²) < 4.78 is 33.0. The largest absolute Gasteiger partial charge is 0.495 e. The van der Waals surface area contributed by atoms with E-state index in [1.165, 1.54) is 19.2 Å². The number of methoxy groups -OCH3 is 1. The molecule has 0 aliphatic heterocycles. The van der Waals surface area contributed by atoms with E-state index in [-0.39, 0.29) is 34.2 Å². The molecule has 0 saturated heterocycles. The number of ether oxygens (including phenoxy) is 1. The molecule has 0 aromatic heterocycles. The Kier molecular flexibility index (Phi) is 5.53. The first kappa shape index (κ1) is 19.4. The van der Waals surface area contributed by atoms with Crippen LogP contribution in [-0.2, 0) is 10.0 Å². The predicted molar refractivity (Wildman–Crippen MR) is 103 cm³/mol. The molecule has 1 saturated carbocycles. The van der Waals surface area contributed by atoms with Gasteiger partial charge in [0.15, 0.2) is 0 Å². The summed E-state index contributed by atoms with van der Waals surface area (Å²) >= 11 is 0. The van der Waals surface area contributed by atoms with Gasteiger partial charge in [0.1, 0.15) is 10.6 Å². The maximum Gasteiger partial charge on any atom is 0.251 e. The van der Waals surface area contributed by atoms with Crippen LogP contribution in [0.1, 0.15) is 47.3 Å². The molecular weight excluding hydrogens is 364 g/mol. The first-order valence-corrected chi connectivity index (χ1v) is 10.4. The summed E-state index contributed by atoms with van der Waals surface area (Å²) in [4.78, 5) is 12.6. The van der Waals surface area contributed by atoms with E-state index in [1.807, 2.05) is 38.1 Å². The lowest BCUT2D eigenvalue weighted by molar-refractivity contribution is 0.0939. The zero-order chi connectivity index (χ0) is 19.6. The highest BCUT2D eigenvalue weighted by Gasteiger charge is 2.30. The van der Waals surface area contributed by atoms with Crippen LogP contribution in [0.15, 0.2) is 47.4 Å². The van der Waals surface area contributed by atoms with Gasteiger partial charge in [-0.1, -0.05) is 29.8 Å². The van der Waals surface area contributed by atoms with Crippen molar-refractivity contribution in [2.75, 3.05) is 7.11 Å². The van der Waals surface area contributed by atoms with Crippen molar-refractivity contribution in [3.05, 3.63) is 59.2 Å². The van der Waals surface area contributed by atoms with E-state index < -0.39 is 10.0 Å². The van der Waals surface area contributed by atoms with E-state index in [0.29, 0.717) is 0 Å². The summed E-state index contributed by atoms with van der Waals surface area (Å²) in [6.07, 6.45) is 1.66. The molecule has 2 aromatic carbocycles. The lowest BCUT2D eigenvalue weighted by Gasteiger charge is -2.16. The standard InChI is InChI=1S/C20H24N2O4S/c1-13-4-6-15(7-5-13)14(2)21-20(23)16-8-11-18(26-3)19(12-16)27(24,25)22-17-9-10-17/h4-8,11-12,14,17,22H,9-10H2,1-3H3,(H,21,23). The van der Waals surface area contributed by atoms with Crippen molar-refractivity contribution in [1.82, 2.24) is 10.0 Å².